The highest BCUT2D eigenvalue weighted by Gasteiger charge is 2.23. The third-order valence-electron chi connectivity index (χ3n) is 3.49. The predicted molar refractivity (Wildman–Crippen MR) is 66.0 cm³/mol. The third kappa shape index (κ3) is 3.74. The summed E-state index contributed by atoms with van der Waals surface area (Å²) >= 11 is 0. The molecule has 1 rings (SSSR count). The largest absolute Gasteiger partial charge is 0.329 e. The van der Waals surface area contributed by atoms with Crippen LogP contribution >= 0.6 is 0 Å². The first-order chi connectivity index (χ1) is 7.19. The first-order valence-corrected chi connectivity index (χ1v) is 6.37. The molecule has 0 spiro atoms. The highest BCUT2D eigenvalue weighted by molar-refractivity contribution is 4.80. The van der Waals surface area contributed by atoms with Crippen molar-refractivity contribution in [3.63, 3.8) is 0 Å². The van der Waals surface area contributed by atoms with E-state index in [4.69, 9.17) is 5.73 Å². The zero-order valence-corrected chi connectivity index (χ0v) is 10.6. The van der Waals surface area contributed by atoms with Gasteiger partial charge in [-0.2, -0.15) is 0 Å². The lowest BCUT2D eigenvalue weighted by atomic mass is 10.1. The van der Waals surface area contributed by atoms with Crippen LogP contribution in [0.25, 0.3) is 0 Å². The number of hydrogen-bond donors (Lipinski definition) is 1. The minimum Gasteiger partial charge on any atom is -0.329 e. The van der Waals surface area contributed by atoms with Crippen molar-refractivity contribution in [3.05, 3.63) is 0 Å². The maximum absolute atomic E-state index is 5.83. The van der Waals surface area contributed by atoms with Gasteiger partial charge in [0.25, 0.3) is 0 Å². The summed E-state index contributed by atoms with van der Waals surface area (Å²) in [6.07, 6.45) is 2.49. The molecule has 1 saturated heterocycles. The van der Waals surface area contributed by atoms with Gasteiger partial charge >= 0.3 is 0 Å². The Morgan fingerprint density at radius 2 is 1.60 bits per heavy atom. The van der Waals surface area contributed by atoms with Gasteiger partial charge in [-0.3, -0.25) is 9.80 Å². The molecule has 15 heavy (non-hydrogen) atoms. The predicted octanol–water partition coefficient (Wildman–Crippen LogP) is 1.14. The molecular weight excluding hydrogens is 186 g/mol. The maximum Gasteiger partial charge on any atom is 0.0219 e. The first-order valence-electron chi connectivity index (χ1n) is 6.37. The Labute approximate surface area is 94.6 Å². The molecule has 0 radical (unpaired) electrons. The van der Waals surface area contributed by atoms with E-state index in [-0.39, 0.29) is 0 Å². The number of nitrogens with zero attached hydrogens (tertiary/aromatic N) is 2. The van der Waals surface area contributed by atoms with Crippen molar-refractivity contribution < 1.29 is 0 Å². The van der Waals surface area contributed by atoms with Crippen LogP contribution in [-0.2, 0) is 0 Å². The van der Waals surface area contributed by atoms with Crippen molar-refractivity contribution in [2.24, 2.45) is 5.73 Å². The monoisotopic (exact) mass is 213 g/mol. The van der Waals surface area contributed by atoms with Crippen LogP contribution in [0.1, 0.15) is 33.6 Å². The van der Waals surface area contributed by atoms with E-state index >= 15 is 0 Å². The quantitative estimate of drug-likeness (QED) is 0.743. The van der Waals surface area contributed by atoms with E-state index in [0.717, 1.165) is 6.54 Å². The van der Waals surface area contributed by atoms with Gasteiger partial charge in [0.05, 0.1) is 0 Å². The molecule has 1 aliphatic heterocycles. The van der Waals surface area contributed by atoms with Crippen LogP contribution in [0.5, 0.6) is 0 Å². The minimum absolute atomic E-state index is 0.615. The van der Waals surface area contributed by atoms with Crippen molar-refractivity contribution in [1.82, 2.24) is 9.80 Å². The lowest BCUT2D eigenvalue weighted by molar-refractivity contribution is 0.0772. The minimum atomic E-state index is 0.615. The van der Waals surface area contributed by atoms with Crippen LogP contribution in [0.15, 0.2) is 0 Å². The van der Waals surface area contributed by atoms with E-state index in [1.807, 2.05) is 0 Å². The van der Waals surface area contributed by atoms with Crippen LogP contribution in [0.3, 0.4) is 0 Å². The molecule has 0 aliphatic carbocycles. The molecule has 1 unspecified atom stereocenters. The van der Waals surface area contributed by atoms with Gasteiger partial charge in [-0.05, 0) is 20.3 Å². The van der Waals surface area contributed by atoms with E-state index < -0.39 is 0 Å². The van der Waals surface area contributed by atoms with Crippen molar-refractivity contribution >= 4 is 0 Å². The molecule has 0 bridgehead atoms. The summed E-state index contributed by atoms with van der Waals surface area (Å²) in [6, 6.07) is 1.30. The van der Waals surface area contributed by atoms with Gasteiger partial charge in [-0.15, -0.1) is 0 Å². The highest BCUT2D eigenvalue weighted by Crippen LogP contribution is 2.11. The van der Waals surface area contributed by atoms with Crippen LogP contribution in [0.2, 0.25) is 0 Å². The van der Waals surface area contributed by atoms with Crippen molar-refractivity contribution in [3.8, 4) is 0 Å². The normalized spacial score (nSPS) is 22.2. The lowest BCUT2D eigenvalue weighted by Crippen LogP contribution is -2.53. The van der Waals surface area contributed by atoms with Crippen LogP contribution in [0.4, 0.5) is 0 Å². The lowest BCUT2D eigenvalue weighted by Gasteiger charge is -2.40. The maximum atomic E-state index is 5.83. The average Bonchev–Trinajstić information content (AvgIpc) is 2.26. The summed E-state index contributed by atoms with van der Waals surface area (Å²) in [4.78, 5) is 5.12. The molecule has 1 fully saturated rings. The zero-order chi connectivity index (χ0) is 11.3. The Morgan fingerprint density at radius 1 is 1.07 bits per heavy atom. The van der Waals surface area contributed by atoms with E-state index in [0.29, 0.717) is 12.1 Å². The van der Waals surface area contributed by atoms with Gasteiger partial charge in [-0.25, -0.2) is 0 Å². The van der Waals surface area contributed by atoms with Crippen LogP contribution < -0.4 is 5.73 Å². The zero-order valence-electron chi connectivity index (χ0n) is 10.6. The van der Waals surface area contributed by atoms with E-state index in [1.165, 1.54) is 39.0 Å². The van der Waals surface area contributed by atoms with Gasteiger partial charge in [0, 0.05) is 44.8 Å². The van der Waals surface area contributed by atoms with E-state index in [2.05, 4.69) is 30.6 Å². The Kier molecular flexibility index (Phi) is 5.58. The molecule has 1 atom stereocenters. The Hall–Kier alpha value is -0.120. The van der Waals surface area contributed by atoms with Gasteiger partial charge in [0.1, 0.15) is 0 Å². The molecule has 1 aliphatic rings. The second-order valence-corrected chi connectivity index (χ2v) is 4.84. The second kappa shape index (κ2) is 6.46. The molecule has 2 N–H and O–H groups in total. The van der Waals surface area contributed by atoms with Crippen molar-refractivity contribution in [2.45, 2.75) is 45.7 Å². The fraction of sp³-hybridized carbons (Fsp3) is 1.00. The van der Waals surface area contributed by atoms with Gasteiger partial charge in [0.15, 0.2) is 0 Å². The summed E-state index contributed by atoms with van der Waals surface area (Å²) in [5, 5.41) is 0. The number of hydrogen-bond acceptors (Lipinski definition) is 3. The van der Waals surface area contributed by atoms with Crippen molar-refractivity contribution in [1.29, 1.82) is 0 Å². The Bertz CT molecular complexity index is 162. The first kappa shape index (κ1) is 12.9. The van der Waals surface area contributed by atoms with E-state index in [9.17, 15) is 0 Å². The molecule has 0 aromatic carbocycles. The second-order valence-electron chi connectivity index (χ2n) is 4.84. The summed E-state index contributed by atoms with van der Waals surface area (Å²) < 4.78 is 0. The standard InChI is InChI=1S/C12H27N3/c1-4-5-12(10-13)15-8-6-14(7-9-15)11(2)3/h11-12H,4-10,13H2,1-3H3. The highest BCUT2D eigenvalue weighted by atomic mass is 15.3. The molecular formula is C12H27N3. The molecule has 0 amide bonds. The fourth-order valence-electron chi connectivity index (χ4n) is 2.40. The van der Waals surface area contributed by atoms with Crippen LogP contribution in [0, 0.1) is 0 Å². The number of rotatable bonds is 5. The van der Waals surface area contributed by atoms with E-state index in [1.54, 1.807) is 0 Å². The molecule has 90 valence electrons. The smallest absolute Gasteiger partial charge is 0.0219 e. The van der Waals surface area contributed by atoms with Crippen LogP contribution in [-0.4, -0.2) is 54.6 Å². The molecule has 0 aromatic heterocycles. The average molecular weight is 213 g/mol. The van der Waals surface area contributed by atoms with Gasteiger partial charge < -0.3 is 5.73 Å². The Balaban J connectivity index is 2.35. The SMILES string of the molecule is CCCC(CN)N1CCN(C(C)C)CC1. The van der Waals surface area contributed by atoms with Crippen molar-refractivity contribution in [2.75, 3.05) is 32.7 Å². The summed E-state index contributed by atoms with van der Waals surface area (Å²) in [7, 11) is 0. The summed E-state index contributed by atoms with van der Waals surface area (Å²) in [6.45, 7) is 12.4. The Morgan fingerprint density at radius 3 is 2.00 bits per heavy atom. The third-order valence-corrected chi connectivity index (χ3v) is 3.49. The number of nitrogens with two attached hydrogens (primary N) is 1. The van der Waals surface area contributed by atoms with Gasteiger partial charge in [0.2, 0.25) is 0 Å². The molecule has 1 heterocycles. The summed E-state index contributed by atoms with van der Waals surface area (Å²) in [5.74, 6) is 0. The molecule has 3 nitrogen and oxygen atoms in total. The molecule has 0 saturated carbocycles. The fourth-order valence-corrected chi connectivity index (χ4v) is 2.40. The number of piperazine rings is 1. The van der Waals surface area contributed by atoms with Gasteiger partial charge in [-0.1, -0.05) is 13.3 Å². The molecule has 0 aromatic rings. The molecule has 3 heteroatoms. The topological polar surface area (TPSA) is 32.5 Å². The summed E-state index contributed by atoms with van der Waals surface area (Å²) in [5.41, 5.74) is 5.83.